The highest BCUT2D eigenvalue weighted by molar-refractivity contribution is 7.99. The zero-order chi connectivity index (χ0) is 18.8. The Bertz CT molecular complexity index is 939. The Balaban J connectivity index is 1.54. The van der Waals surface area contributed by atoms with Crippen LogP contribution in [0.4, 0.5) is 11.9 Å². The number of benzene rings is 2. The quantitative estimate of drug-likeness (QED) is 0.697. The highest BCUT2D eigenvalue weighted by atomic mass is 32.2. The number of likely N-dealkylation sites (N-methyl/N-ethyl adjacent to an activating group) is 1. The van der Waals surface area contributed by atoms with E-state index in [2.05, 4.69) is 76.2 Å². The van der Waals surface area contributed by atoms with Gasteiger partial charge in [-0.25, -0.2) is 0 Å². The molecule has 2 N–H and O–H groups in total. The van der Waals surface area contributed by atoms with Gasteiger partial charge in [-0.2, -0.15) is 15.0 Å². The fourth-order valence-electron chi connectivity index (χ4n) is 3.22. The van der Waals surface area contributed by atoms with E-state index in [0.29, 0.717) is 11.9 Å². The molecule has 1 fully saturated rings. The summed E-state index contributed by atoms with van der Waals surface area (Å²) in [4.78, 5) is 19.2. The van der Waals surface area contributed by atoms with Gasteiger partial charge in [-0.1, -0.05) is 30.3 Å². The number of anilines is 2. The predicted molar refractivity (Wildman–Crippen MR) is 112 cm³/mol. The topological polar surface area (TPSA) is 71.2 Å². The molecule has 3 aromatic rings. The molecule has 1 aromatic heterocycles. The Kier molecular flexibility index (Phi) is 5.13. The zero-order valence-electron chi connectivity index (χ0n) is 15.7. The monoisotopic (exact) mass is 380 g/mol. The summed E-state index contributed by atoms with van der Waals surface area (Å²) in [5.74, 6) is 1.71. The summed E-state index contributed by atoms with van der Waals surface area (Å²) in [7, 11) is 2.13. The van der Waals surface area contributed by atoms with Crippen molar-refractivity contribution in [3.8, 4) is 0 Å². The highest BCUT2D eigenvalue weighted by Crippen LogP contribution is 2.35. The molecule has 1 aliphatic rings. The minimum Gasteiger partial charge on any atom is -0.368 e. The molecule has 1 saturated heterocycles. The van der Waals surface area contributed by atoms with Gasteiger partial charge in [0.2, 0.25) is 11.9 Å². The maximum atomic E-state index is 5.99. The van der Waals surface area contributed by atoms with Crippen molar-refractivity contribution in [2.24, 2.45) is 0 Å². The van der Waals surface area contributed by atoms with Gasteiger partial charge in [0.05, 0.1) is 5.25 Å². The Morgan fingerprint density at radius 1 is 0.963 bits per heavy atom. The van der Waals surface area contributed by atoms with Gasteiger partial charge >= 0.3 is 0 Å². The van der Waals surface area contributed by atoms with Crippen LogP contribution >= 0.6 is 11.8 Å². The van der Waals surface area contributed by atoms with Crippen molar-refractivity contribution < 1.29 is 0 Å². The second-order valence-electron chi connectivity index (χ2n) is 6.91. The summed E-state index contributed by atoms with van der Waals surface area (Å²) in [5.41, 5.74) is 5.99. The van der Waals surface area contributed by atoms with Crippen molar-refractivity contribution in [3.05, 3.63) is 48.3 Å². The molecule has 4 rings (SSSR count). The highest BCUT2D eigenvalue weighted by Gasteiger charge is 2.20. The van der Waals surface area contributed by atoms with Crippen LogP contribution in [-0.2, 0) is 0 Å². The van der Waals surface area contributed by atoms with Crippen LogP contribution in [0.15, 0.2) is 47.4 Å². The third kappa shape index (κ3) is 4.14. The van der Waals surface area contributed by atoms with Gasteiger partial charge in [0, 0.05) is 31.1 Å². The molecule has 0 aliphatic carbocycles. The summed E-state index contributed by atoms with van der Waals surface area (Å²) >= 11 is 1.74. The molecule has 1 atom stereocenters. The van der Waals surface area contributed by atoms with Crippen LogP contribution in [0.1, 0.15) is 18.0 Å². The van der Waals surface area contributed by atoms with Gasteiger partial charge < -0.3 is 15.5 Å². The molecule has 2 heterocycles. The number of nitrogens with zero attached hydrogens (tertiary/aromatic N) is 5. The standard InChI is InChI=1S/C20H24N6S/c1-14(27-17-8-7-15-5-3-4-6-16(15)13-17)18-22-19(21)24-20(23-18)26-11-9-25(2)10-12-26/h3-8,13-14H,9-12H2,1-2H3,(H2,21,22,23,24). The first kappa shape index (κ1) is 18.0. The van der Waals surface area contributed by atoms with E-state index >= 15 is 0 Å². The second-order valence-corrected chi connectivity index (χ2v) is 8.33. The van der Waals surface area contributed by atoms with Crippen molar-refractivity contribution in [1.29, 1.82) is 0 Å². The van der Waals surface area contributed by atoms with Gasteiger partial charge in [-0.15, -0.1) is 11.8 Å². The lowest BCUT2D eigenvalue weighted by atomic mass is 10.1. The fraction of sp³-hybridized carbons (Fsp3) is 0.350. The van der Waals surface area contributed by atoms with Gasteiger partial charge in [0.15, 0.2) is 0 Å². The molecule has 27 heavy (non-hydrogen) atoms. The molecule has 0 saturated carbocycles. The maximum absolute atomic E-state index is 5.99. The molecule has 0 spiro atoms. The molecular formula is C20H24N6S. The summed E-state index contributed by atoms with van der Waals surface area (Å²) in [6.45, 7) is 5.93. The third-order valence-electron chi connectivity index (χ3n) is 4.84. The molecular weight excluding hydrogens is 356 g/mol. The summed E-state index contributed by atoms with van der Waals surface area (Å²) < 4.78 is 0. The number of aromatic nitrogens is 3. The second kappa shape index (κ2) is 7.70. The zero-order valence-corrected chi connectivity index (χ0v) is 16.5. The van der Waals surface area contributed by atoms with Crippen molar-refractivity contribution >= 4 is 34.4 Å². The Hall–Kier alpha value is -2.38. The summed E-state index contributed by atoms with van der Waals surface area (Å²) in [6, 6.07) is 14.9. The minimum atomic E-state index is 0.0858. The molecule has 0 amide bonds. The van der Waals surface area contributed by atoms with E-state index in [1.807, 2.05) is 0 Å². The van der Waals surface area contributed by atoms with E-state index < -0.39 is 0 Å². The van der Waals surface area contributed by atoms with Crippen molar-refractivity contribution in [3.63, 3.8) is 0 Å². The van der Waals surface area contributed by atoms with Crippen LogP contribution in [0.25, 0.3) is 10.8 Å². The lowest BCUT2D eigenvalue weighted by Crippen LogP contribution is -2.45. The first-order valence-electron chi connectivity index (χ1n) is 9.19. The average Bonchev–Trinajstić information content (AvgIpc) is 2.68. The number of hydrogen-bond donors (Lipinski definition) is 1. The Labute approximate surface area is 163 Å². The molecule has 6 nitrogen and oxygen atoms in total. The number of piperazine rings is 1. The van der Waals surface area contributed by atoms with E-state index in [1.54, 1.807) is 11.8 Å². The first-order chi connectivity index (χ1) is 13.1. The maximum Gasteiger partial charge on any atom is 0.230 e. The predicted octanol–water partition coefficient (Wildman–Crippen LogP) is 3.21. The van der Waals surface area contributed by atoms with E-state index in [1.165, 1.54) is 15.7 Å². The van der Waals surface area contributed by atoms with Crippen LogP contribution in [0.2, 0.25) is 0 Å². The number of thioether (sulfide) groups is 1. The Morgan fingerprint density at radius 3 is 2.48 bits per heavy atom. The molecule has 7 heteroatoms. The van der Waals surface area contributed by atoms with E-state index in [-0.39, 0.29) is 5.25 Å². The number of rotatable bonds is 4. The van der Waals surface area contributed by atoms with Crippen molar-refractivity contribution in [2.45, 2.75) is 17.1 Å². The number of nitrogens with two attached hydrogens (primary N) is 1. The van der Waals surface area contributed by atoms with E-state index in [0.717, 1.165) is 32.0 Å². The fourth-order valence-corrected chi connectivity index (χ4v) is 4.19. The number of fused-ring (bicyclic) bond motifs is 1. The lowest BCUT2D eigenvalue weighted by molar-refractivity contribution is 0.311. The molecule has 0 bridgehead atoms. The van der Waals surface area contributed by atoms with Crippen LogP contribution in [0.5, 0.6) is 0 Å². The van der Waals surface area contributed by atoms with Crippen molar-refractivity contribution in [1.82, 2.24) is 19.9 Å². The van der Waals surface area contributed by atoms with E-state index in [4.69, 9.17) is 10.7 Å². The molecule has 1 unspecified atom stereocenters. The third-order valence-corrected chi connectivity index (χ3v) is 5.93. The first-order valence-corrected chi connectivity index (χ1v) is 10.1. The molecule has 1 aliphatic heterocycles. The molecule has 0 radical (unpaired) electrons. The SMILES string of the molecule is CC(Sc1ccc2ccccc2c1)c1nc(N)nc(N2CCN(C)CC2)n1. The van der Waals surface area contributed by atoms with Crippen LogP contribution in [-0.4, -0.2) is 53.1 Å². The van der Waals surface area contributed by atoms with Gasteiger partial charge in [-0.3, -0.25) is 0 Å². The number of nitrogen functional groups attached to an aromatic ring is 1. The smallest absolute Gasteiger partial charge is 0.230 e. The van der Waals surface area contributed by atoms with Crippen LogP contribution in [0, 0.1) is 0 Å². The van der Waals surface area contributed by atoms with Gasteiger partial charge in [0.25, 0.3) is 0 Å². The van der Waals surface area contributed by atoms with Gasteiger partial charge in [-0.05, 0) is 36.9 Å². The average molecular weight is 381 g/mol. The normalized spacial score (nSPS) is 16.6. The summed E-state index contributed by atoms with van der Waals surface area (Å²) in [6.07, 6.45) is 0. The van der Waals surface area contributed by atoms with E-state index in [9.17, 15) is 0 Å². The van der Waals surface area contributed by atoms with Crippen molar-refractivity contribution in [2.75, 3.05) is 43.9 Å². The van der Waals surface area contributed by atoms with Gasteiger partial charge in [0.1, 0.15) is 5.82 Å². The Morgan fingerprint density at radius 2 is 1.70 bits per heavy atom. The molecule has 2 aromatic carbocycles. The van der Waals surface area contributed by atoms with Crippen LogP contribution in [0.3, 0.4) is 0 Å². The minimum absolute atomic E-state index is 0.0858. The molecule has 140 valence electrons. The lowest BCUT2D eigenvalue weighted by Gasteiger charge is -2.32. The summed E-state index contributed by atoms with van der Waals surface area (Å²) in [5, 5.41) is 2.57. The largest absolute Gasteiger partial charge is 0.368 e. The number of hydrogen-bond acceptors (Lipinski definition) is 7. The van der Waals surface area contributed by atoms with Crippen LogP contribution < -0.4 is 10.6 Å².